The number of hydrogen-bond donors (Lipinski definition) is 1. The number of aliphatic carboxylic acids is 1. The highest BCUT2D eigenvalue weighted by Gasteiger charge is 2.29. The molecule has 0 aromatic carbocycles. The maximum Gasteiger partial charge on any atom is 0.313 e. The van der Waals surface area contributed by atoms with E-state index in [1.54, 1.807) is 6.92 Å². The molecule has 0 radical (unpaired) electrons. The highest BCUT2D eigenvalue weighted by molar-refractivity contribution is 7.20. The maximum absolute atomic E-state index is 10.9. The first-order valence-electron chi connectivity index (χ1n) is 4.81. The standard InChI is InChI=1S/C11H17O2P/c1-8-5-3-4-6-9(8)7-11(2,14)10(12)13/h3,5H,4,6-7,14H2,1-2H3,(H,12,13). The van der Waals surface area contributed by atoms with Crippen molar-refractivity contribution in [3.63, 3.8) is 0 Å². The molecule has 2 atom stereocenters. The van der Waals surface area contributed by atoms with Gasteiger partial charge in [0, 0.05) is 0 Å². The van der Waals surface area contributed by atoms with Crippen molar-refractivity contribution in [1.82, 2.24) is 0 Å². The second kappa shape index (κ2) is 4.27. The average Bonchev–Trinajstić information content (AvgIpc) is 2.08. The van der Waals surface area contributed by atoms with Gasteiger partial charge in [0.1, 0.15) is 0 Å². The molecular weight excluding hydrogens is 195 g/mol. The fraction of sp³-hybridized carbons (Fsp3) is 0.545. The number of carboxylic acid groups (broad SMARTS) is 1. The molecule has 0 heterocycles. The van der Waals surface area contributed by atoms with Gasteiger partial charge in [0.2, 0.25) is 0 Å². The molecule has 14 heavy (non-hydrogen) atoms. The Morgan fingerprint density at radius 2 is 2.36 bits per heavy atom. The van der Waals surface area contributed by atoms with Gasteiger partial charge >= 0.3 is 5.97 Å². The molecule has 0 amide bonds. The van der Waals surface area contributed by atoms with Gasteiger partial charge in [0.15, 0.2) is 0 Å². The molecule has 1 aliphatic rings. The highest BCUT2D eigenvalue weighted by Crippen LogP contribution is 2.32. The van der Waals surface area contributed by atoms with Gasteiger partial charge in [-0.15, -0.1) is 9.24 Å². The van der Waals surface area contributed by atoms with Crippen LogP contribution in [-0.2, 0) is 4.79 Å². The minimum Gasteiger partial charge on any atom is -0.481 e. The van der Waals surface area contributed by atoms with Gasteiger partial charge in [-0.1, -0.05) is 23.3 Å². The van der Waals surface area contributed by atoms with Gasteiger partial charge in [-0.05, 0) is 33.1 Å². The van der Waals surface area contributed by atoms with E-state index in [4.69, 9.17) is 5.11 Å². The lowest BCUT2D eigenvalue weighted by molar-refractivity contribution is -0.139. The minimum absolute atomic E-state index is 0.628. The first kappa shape index (κ1) is 11.5. The summed E-state index contributed by atoms with van der Waals surface area (Å²) in [7, 11) is 2.44. The predicted molar refractivity (Wildman–Crippen MR) is 61.4 cm³/mol. The van der Waals surface area contributed by atoms with Crippen LogP contribution in [0.1, 0.15) is 33.1 Å². The Kier molecular flexibility index (Phi) is 3.49. The average molecular weight is 212 g/mol. The topological polar surface area (TPSA) is 37.3 Å². The quantitative estimate of drug-likeness (QED) is 0.730. The van der Waals surface area contributed by atoms with E-state index in [2.05, 4.69) is 21.4 Å². The van der Waals surface area contributed by atoms with Crippen molar-refractivity contribution in [3.05, 3.63) is 23.3 Å². The zero-order valence-electron chi connectivity index (χ0n) is 8.71. The van der Waals surface area contributed by atoms with Gasteiger partial charge in [-0.2, -0.15) is 0 Å². The molecule has 1 aliphatic carbocycles. The number of hydrogen-bond acceptors (Lipinski definition) is 1. The Balaban J connectivity index is 2.77. The lowest BCUT2D eigenvalue weighted by Crippen LogP contribution is -2.28. The molecule has 2 nitrogen and oxygen atoms in total. The van der Waals surface area contributed by atoms with Crippen molar-refractivity contribution in [3.8, 4) is 0 Å². The summed E-state index contributed by atoms with van der Waals surface area (Å²) in [5.74, 6) is -0.752. The molecule has 0 fully saturated rings. The lowest BCUT2D eigenvalue weighted by Gasteiger charge is -2.23. The SMILES string of the molecule is CC1=C(CC(C)(P)C(=O)O)CCC=C1. The molecule has 3 heteroatoms. The normalized spacial score (nSPS) is 20.8. The number of carboxylic acids is 1. The summed E-state index contributed by atoms with van der Waals surface area (Å²) in [5, 5.41) is 8.28. The molecule has 1 rings (SSSR count). The van der Waals surface area contributed by atoms with Gasteiger partial charge in [0.25, 0.3) is 0 Å². The van der Waals surface area contributed by atoms with E-state index in [0.717, 1.165) is 12.8 Å². The Bertz CT molecular complexity index is 300. The van der Waals surface area contributed by atoms with Crippen LogP contribution in [0.2, 0.25) is 0 Å². The summed E-state index contributed by atoms with van der Waals surface area (Å²) in [6.07, 6.45) is 6.89. The zero-order valence-corrected chi connectivity index (χ0v) is 9.86. The van der Waals surface area contributed by atoms with Gasteiger partial charge in [-0.3, -0.25) is 4.79 Å². The summed E-state index contributed by atoms with van der Waals surface area (Å²) in [5.41, 5.74) is 2.50. The van der Waals surface area contributed by atoms with E-state index in [9.17, 15) is 4.79 Å². The molecular formula is C11H17O2P. The second-order valence-corrected chi connectivity index (χ2v) is 5.40. The second-order valence-electron chi connectivity index (χ2n) is 4.13. The molecule has 2 unspecified atom stereocenters. The van der Waals surface area contributed by atoms with E-state index >= 15 is 0 Å². The van der Waals surface area contributed by atoms with Crippen molar-refractivity contribution < 1.29 is 9.90 Å². The zero-order chi connectivity index (χ0) is 10.8. The Morgan fingerprint density at radius 3 is 2.86 bits per heavy atom. The van der Waals surface area contributed by atoms with Crippen LogP contribution in [0.25, 0.3) is 0 Å². The van der Waals surface area contributed by atoms with Crippen molar-refractivity contribution >= 4 is 15.2 Å². The number of allylic oxidation sites excluding steroid dienone is 4. The van der Waals surface area contributed by atoms with Crippen molar-refractivity contribution in [2.75, 3.05) is 0 Å². The van der Waals surface area contributed by atoms with Crippen molar-refractivity contribution in [2.45, 2.75) is 38.3 Å². The Morgan fingerprint density at radius 1 is 1.71 bits per heavy atom. The Labute approximate surface area is 87.3 Å². The fourth-order valence-corrected chi connectivity index (χ4v) is 1.83. The summed E-state index contributed by atoms with van der Waals surface area (Å²) in [6.45, 7) is 3.80. The highest BCUT2D eigenvalue weighted by atomic mass is 31.0. The van der Waals surface area contributed by atoms with Crippen LogP contribution < -0.4 is 0 Å². The summed E-state index contributed by atoms with van der Waals surface area (Å²) in [6, 6.07) is 0. The number of carbonyl (C=O) groups is 1. The van der Waals surface area contributed by atoms with Crippen LogP contribution in [0.3, 0.4) is 0 Å². The molecule has 0 aromatic rings. The van der Waals surface area contributed by atoms with Crippen LogP contribution >= 0.6 is 9.24 Å². The van der Waals surface area contributed by atoms with Crippen molar-refractivity contribution in [2.24, 2.45) is 0 Å². The van der Waals surface area contributed by atoms with Crippen LogP contribution in [0, 0.1) is 0 Å². The first-order chi connectivity index (χ1) is 6.43. The molecule has 0 aliphatic heterocycles. The molecule has 0 saturated heterocycles. The van der Waals surface area contributed by atoms with Crippen LogP contribution in [0.15, 0.2) is 23.3 Å². The molecule has 78 valence electrons. The monoisotopic (exact) mass is 212 g/mol. The van der Waals surface area contributed by atoms with E-state index in [-0.39, 0.29) is 0 Å². The van der Waals surface area contributed by atoms with E-state index in [0.29, 0.717) is 6.42 Å². The predicted octanol–water partition coefficient (Wildman–Crippen LogP) is 2.76. The van der Waals surface area contributed by atoms with Crippen LogP contribution in [0.5, 0.6) is 0 Å². The van der Waals surface area contributed by atoms with Crippen LogP contribution in [-0.4, -0.2) is 16.2 Å². The van der Waals surface area contributed by atoms with E-state index in [1.807, 2.05) is 6.92 Å². The third-order valence-corrected chi connectivity index (χ3v) is 3.06. The summed E-state index contributed by atoms with van der Waals surface area (Å²) >= 11 is 0. The summed E-state index contributed by atoms with van der Waals surface area (Å²) in [4.78, 5) is 10.9. The molecule has 0 bridgehead atoms. The minimum atomic E-state index is -0.752. The maximum atomic E-state index is 10.9. The summed E-state index contributed by atoms with van der Waals surface area (Å²) < 4.78 is 0. The first-order valence-corrected chi connectivity index (χ1v) is 5.38. The van der Waals surface area contributed by atoms with E-state index in [1.165, 1.54) is 11.1 Å². The largest absolute Gasteiger partial charge is 0.481 e. The lowest BCUT2D eigenvalue weighted by atomic mass is 9.90. The van der Waals surface area contributed by atoms with Crippen LogP contribution in [0.4, 0.5) is 0 Å². The Hall–Kier alpha value is -0.620. The third-order valence-electron chi connectivity index (χ3n) is 2.61. The molecule has 0 saturated carbocycles. The third kappa shape index (κ3) is 2.68. The number of rotatable bonds is 3. The van der Waals surface area contributed by atoms with Gasteiger partial charge < -0.3 is 5.11 Å². The molecule has 0 aromatic heterocycles. The van der Waals surface area contributed by atoms with E-state index < -0.39 is 11.1 Å². The molecule has 0 spiro atoms. The van der Waals surface area contributed by atoms with Gasteiger partial charge in [0.05, 0.1) is 5.16 Å². The van der Waals surface area contributed by atoms with Crippen molar-refractivity contribution in [1.29, 1.82) is 0 Å². The smallest absolute Gasteiger partial charge is 0.313 e. The molecule has 1 N–H and O–H groups in total. The fourth-order valence-electron chi connectivity index (χ4n) is 1.58. The van der Waals surface area contributed by atoms with Gasteiger partial charge in [-0.25, -0.2) is 0 Å².